The summed E-state index contributed by atoms with van der Waals surface area (Å²) < 4.78 is 1.26. The van der Waals surface area contributed by atoms with Crippen LogP contribution in [0.25, 0.3) is 0 Å². The Morgan fingerprint density at radius 2 is 2.11 bits per heavy atom. The van der Waals surface area contributed by atoms with E-state index >= 15 is 0 Å². The molecule has 102 valence electrons. The molecule has 0 bridgehead atoms. The van der Waals surface area contributed by atoms with Crippen molar-refractivity contribution in [3.05, 3.63) is 40.5 Å². The number of aromatic nitrogens is 2. The van der Waals surface area contributed by atoms with Gasteiger partial charge in [-0.25, -0.2) is 4.68 Å². The van der Waals surface area contributed by atoms with Crippen molar-refractivity contribution in [1.29, 1.82) is 0 Å². The van der Waals surface area contributed by atoms with E-state index in [0.717, 1.165) is 5.56 Å². The molecule has 5 heteroatoms. The van der Waals surface area contributed by atoms with E-state index in [1.807, 2.05) is 20.8 Å². The maximum atomic E-state index is 12.1. The Morgan fingerprint density at radius 3 is 2.63 bits per heavy atom. The molecular formula is C14H19N3O2. The Balaban J connectivity index is 2.34. The minimum absolute atomic E-state index is 0.131. The van der Waals surface area contributed by atoms with Crippen molar-refractivity contribution in [1.82, 2.24) is 15.1 Å². The van der Waals surface area contributed by atoms with Gasteiger partial charge in [-0.1, -0.05) is 27.4 Å². The first-order valence-electron chi connectivity index (χ1n) is 6.37. The van der Waals surface area contributed by atoms with Crippen LogP contribution in [0.1, 0.15) is 45.2 Å². The van der Waals surface area contributed by atoms with Crippen molar-refractivity contribution in [2.24, 2.45) is 0 Å². The van der Waals surface area contributed by atoms with Gasteiger partial charge < -0.3 is 5.32 Å². The number of carbonyl (C=O) groups is 1. The lowest BCUT2D eigenvalue weighted by atomic mass is 9.89. The summed E-state index contributed by atoms with van der Waals surface area (Å²) in [7, 11) is 0. The summed E-state index contributed by atoms with van der Waals surface area (Å²) in [5.41, 5.74) is 1.20. The number of hydrogen-bond donors (Lipinski definition) is 1. The number of hydrogen-bond acceptors (Lipinski definition) is 3. The minimum Gasteiger partial charge on any atom is -0.329 e. The third-order valence-corrected chi connectivity index (χ3v) is 3.31. The molecule has 19 heavy (non-hydrogen) atoms. The molecule has 1 unspecified atom stereocenters. The van der Waals surface area contributed by atoms with Gasteiger partial charge in [-0.15, -0.1) is 0 Å². The summed E-state index contributed by atoms with van der Waals surface area (Å²) in [6, 6.07) is 1.02. The first-order valence-corrected chi connectivity index (χ1v) is 6.37. The fourth-order valence-corrected chi connectivity index (χ4v) is 2.06. The predicted molar refractivity (Wildman–Crippen MR) is 72.8 cm³/mol. The highest BCUT2D eigenvalue weighted by molar-refractivity contribution is 5.82. The van der Waals surface area contributed by atoms with E-state index < -0.39 is 6.04 Å². The summed E-state index contributed by atoms with van der Waals surface area (Å²) in [5, 5.41) is 6.82. The normalized spacial score (nSPS) is 20.3. The summed E-state index contributed by atoms with van der Waals surface area (Å²) >= 11 is 0. The van der Waals surface area contributed by atoms with E-state index in [0.29, 0.717) is 18.5 Å². The number of allylic oxidation sites excluding steroid dienone is 1. The summed E-state index contributed by atoms with van der Waals surface area (Å²) in [6.07, 6.45) is 2.90. The molecule has 1 aliphatic heterocycles. The predicted octanol–water partition coefficient (Wildman–Crippen LogP) is 1.51. The topological polar surface area (TPSA) is 64.0 Å². The van der Waals surface area contributed by atoms with Gasteiger partial charge in [0, 0.05) is 11.8 Å². The molecule has 1 fully saturated rings. The first kappa shape index (κ1) is 13.5. The van der Waals surface area contributed by atoms with E-state index in [1.165, 1.54) is 4.68 Å². The smallest absolute Gasteiger partial charge is 0.267 e. The van der Waals surface area contributed by atoms with E-state index in [9.17, 15) is 9.59 Å². The van der Waals surface area contributed by atoms with Gasteiger partial charge in [-0.2, -0.15) is 5.10 Å². The summed E-state index contributed by atoms with van der Waals surface area (Å²) in [4.78, 5) is 24.0. The average Bonchev–Trinajstić information content (AvgIpc) is 2.28. The second kappa shape index (κ2) is 4.64. The number of carbonyl (C=O) groups excluding carboxylic acids is 1. The number of nitrogens with zero attached hydrogens (tertiary/aromatic N) is 2. The molecule has 0 spiro atoms. The van der Waals surface area contributed by atoms with Gasteiger partial charge in [0.2, 0.25) is 5.91 Å². The second-order valence-corrected chi connectivity index (χ2v) is 5.92. The van der Waals surface area contributed by atoms with Gasteiger partial charge in [-0.05, 0) is 23.8 Å². The van der Waals surface area contributed by atoms with Gasteiger partial charge in [0.25, 0.3) is 5.56 Å². The minimum atomic E-state index is -0.535. The van der Waals surface area contributed by atoms with Gasteiger partial charge in [0.05, 0.1) is 6.20 Å². The van der Waals surface area contributed by atoms with Gasteiger partial charge in [0.15, 0.2) is 0 Å². The number of amides is 1. The summed E-state index contributed by atoms with van der Waals surface area (Å²) in [5.74, 6) is -0.214. The van der Waals surface area contributed by atoms with Crippen LogP contribution in [0.5, 0.6) is 0 Å². The molecule has 0 aliphatic carbocycles. The molecule has 0 radical (unpaired) electrons. The number of nitrogens with one attached hydrogen (secondary N) is 1. The quantitative estimate of drug-likeness (QED) is 0.833. The van der Waals surface area contributed by atoms with Gasteiger partial charge in [-0.3, -0.25) is 9.59 Å². The van der Waals surface area contributed by atoms with E-state index in [2.05, 4.69) is 17.0 Å². The van der Waals surface area contributed by atoms with Gasteiger partial charge >= 0.3 is 0 Å². The highest BCUT2D eigenvalue weighted by Gasteiger charge is 2.27. The zero-order valence-electron chi connectivity index (χ0n) is 11.6. The third-order valence-electron chi connectivity index (χ3n) is 3.31. The Hall–Kier alpha value is -1.91. The molecule has 1 N–H and O–H groups in total. The first-order chi connectivity index (χ1) is 8.79. The Bertz CT molecular complexity index is 581. The monoisotopic (exact) mass is 261 g/mol. The van der Waals surface area contributed by atoms with Crippen LogP contribution < -0.4 is 10.9 Å². The van der Waals surface area contributed by atoms with Gasteiger partial charge in [0.1, 0.15) is 6.04 Å². The average molecular weight is 261 g/mol. The van der Waals surface area contributed by atoms with E-state index in [1.54, 1.807) is 12.3 Å². The Kier molecular flexibility index (Phi) is 3.30. The molecule has 1 aromatic rings. The molecular weight excluding hydrogens is 242 g/mol. The van der Waals surface area contributed by atoms with Crippen LogP contribution in [0.4, 0.5) is 0 Å². The van der Waals surface area contributed by atoms with E-state index in [4.69, 9.17) is 0 Å². The van der Waals surface area contributed by atoms with Crippen LogP contribution in [0, 0.1) is 0 Å². The van der Waals surface area contributed by atoms with Crippen molar-refractivity contribution >= 4 is 5.91 Å². The number of piperidine rings is 1. The molecule has 0 saturated carbocycles. The molecule has 2 heterocycles. The Morgan fingerprint density at radius 1 is 1.42 bits per heavy atom. The maximum Gasteiger partial charge on any atom is 0.267 e. The van der Waals surface area contributed by atoms with Crippen LogP contribution in [0.15, 0.2) is 29.3 Å². The molecule has 0 aromatic carbocycles. The van der Waals surface area contributed by atoms with Crippen LogP contribution in [0.3, 0.4) is 0 Å². The molecule has 1 aliphatic rings. The van der Waals surface area contributed by atoms with Crippen molar-refractivity contribution in [3.8, 4) is 0 Å². The zero-order chi connectivity index (χ0) is 14.2. The largest absolute Gasteiger partial charge is 0.329 e. The van der Waals surface area contributed by atoms with Crippen molar-refractivity contribution in [2.45, 2.75) is 45.1 Å². The molecule has 1 atom stereocenters. The summed E-state index contributed by atoms with van der Waals surface area (Å²) in [6.45, 7) is 9.78. The fourth-order valence-electron chi connectivity index (χ4n) is 2.06. The molecule has 2 rings (SSSR count). The highest BCUT2D eigenvalue weighted by Crippen LogP contribution is 2.22. The van der Waals surface area contributed by atoms with Crippen molar-refractivity contribution in [2.75, 3.05) is 0 Å². The van der Waals surface area contributed by atoms with Crippen LogP contribution in [0.2, 0.25) is 0 Å². The van der Waals surface area contributed by atoms with Crippen LogP contribution in [-0.4, -0.2) is 15.7 Å². The SMILES string of the molecule is C=C1CCC(n2ncc(C(C)(C)C)cc2=O)C(=O)N1. The lowest BCUT2D eigenvalue weighted by molar-refractivity contribution is -0.125. The maximum absolute atomic E-state index is 12.1. The zero-order valence-corrected chi connectivity index (χ0v) is 11.6. The van der Waals surface area contributed by atoms with E-state index in [-0.39, 0.29) is 16.9 Å². The lowest BCUT2D eigenvalue weighted by Gasteiger charge is -2.25. The fraction of sp³-hybridized carbons (Fsp3) is 0.500. The third kappa shape index (κ3) is 2.75. The molecule has 1 aromatic heterocycles. The second-order valence-electron chi connectivity index (χ2n) is 5.92. The van der Waals surface area contributed by atoms with Crippen LogP contribution >= 0.6 is 0 Å². The van der Waals surface area contributed by atoms with Crippen LogP contribution in [-0.2, 0) is 10.2 Å². The van der Waals surface area contributed by atoms with Crippen molar-refractivity contribution < 1.29 is 4.79 Å². The lowest BCUT2D eigenvalue weighted by Crippen LogP contribution is -2.41. The molecule has 5 nitrogen and oxygen atoms in total. The molecule has 1 saturated heterocycles. The highest BCUT2D eigenvalue weighted by atomic mass is 16.2. The molecule has 1 amide bonds. The number of rotatable bonds is 1. The Labute approximate surface area is 112 Å². The standard InChI is InChI=1S/C14H19N3O2/c1-9-5-6-11(13(19)16-9)17-12(18)7-10(8-15-17)14(2,3)4/h7-8,11H,1,5-6H2,2-4H3,(H,16,19). The van der Waals surface area contributed by atoms with Crippen molar-refractivity contribution in [3.63, 3.8) is 0 Å².